The summed E-state index contributed by atoms with van der Waals surface area (Å²) in [5.41, 5.74) is -3.20. The normalized spacial score (nSPS) is 34.0. The Kier molecular flexibility index (Phi) is 3.79. The average molecular weight is 378 g/mol. The maximum absolute atomic E-state index is 10.2. The molecule has 2 saturated heterocycles. The molecule has 0 saturated carbocycles. The van der Waals surface area contributed by atoms with Crippen LogP contribution in [0.5, 0.6) is 11.5 Å². The van der Waals surface area contributed by atoms with Gasteiger partial charge < -0.3 is 18.9 Å². The number of nitrogens with one attached hydrogen (secondary N) is 1. The fraction of sp³-hybridized carbons (Fsp3) is 0.500. The van der Waals surface area contributed by atoms with Gasteiger partial charge in [0.2, 0.25) is 23.9 Å². The van der Waals surface area contributed by atoms with Crippen molar-refractivity contribution in [2.24, 2.45) is 16.7 Å². The fourth-order valence-corrected chi connectivity index (χ4v) is 4.69. The molecule has 3 heterocycles. The molecule has 8 heteroatoms. The molecule has 3 aliphatic rings. The lowest BCUT2D eigenvalue weighted by Crippen LogP contribution is -2.58. The summed E-state index contributed by atoms with van der Waals surface area (Å²) in [6, 6.07) is 11.2. The van der Waals surface area contributed by atoms with Gasteiger partial charge in [-0.3, -0.25) is 5.41 Å². The van der Waals surface area contributed by atoms with Gasteiger partial charge in [-0.2, -0.15) is 15.8 Å². The van der Waals surface area contributed by atoms with Crippen LogP contribution in [-0.2, 0) is 9.47 Å². The van der Waals surface area contributed by atoms with E-state index in [-0.39, 0.29) is 12.7 Å². The van der Waals surface area contributed by atoms with Crippen molar-refractivity contribution in [3.8, 4) is 29.7 Å². The molecule has 4 atom stereocenters. The van der Waals surface area contributed by atoms with Crippen molar-refractivity contribution in [2.45, 2.75) is 38.6 Å². The molecule has 1 aromatic rings. The van der Waals surface area contributed by atoms with E-state index in [0.29, 0.717) is 29.9 Å². The van der Waals surface area contributed by atoms with E-state index in [1.807, 2.05) is 19.1 Å². The predicted octanol–water partition coefficient (Wildman–Crippen LogP) is 3.17. The van der Waals surface area contributed by atoms with Crippen LogP contribution in [-0.4, -0.2) is 18.5 Å². The second-order valence-corrected chi connectivity index (χ2v) is 7.35. The van der Waals surface area contributed by atoms with Gasteiger partial charge in [0.1, 0.15) is 6.10 Å². The van der Waals surface area contributed by atoms with Gasteiger partial charge >= 0.3 is 0 Å². The molecule has 0 radical (unpaired) electrons. The van der Waals surface area contributed by atoms with E-state index in [1.54, 1.807) is 25.1 Å². The first kappa shape index (κ1) is 18.1. The molecule has 3 aliphatic heterocycles. The van der Waals surface area contributed by atoms with Gasteiger partial charge in [0, 0.05) is 6.92 Å². The fourth-order valence-electron chi connectivity index (χ4n) is 4.69. The number of nitriles is 3. The van der Waals surface area contributed by atoms with Crippen LogP contribution in [0.2, 0.25) is 0 Å². The van der Waals surface area contributed by atoms with Crippen LogP contribution >= 0.6 is 0 Å². The molecule has 1 aromatic carbocycles. The van der Waals surface area contributed by atoms with E-state index in [1.165, 1.54) is 0 Å². The molecule has 4 rings (SSSR count). The molecule has 0 spiro atoms. The van der Waals surface area contributed by atoms with Crippen LogP contribution in [0.25, 0.3) is 0 Å². The second-order valence-electron chi connectivity index (χ2n) is 7.35. The number of hydrogen-bond acceptors (Lipinski definition) is 8. The molecule has 4 unspecified atom stereocenters. The standard InChI is InChI=1S/C20H18N4O4/c1-3-4-15-18(2)27-16(12-5-6-13-14(7-12)26-11-25-13)19(8-21,9-22)20(15,10-23)17(24)28-18/h5-7,15-16,24H,3-4,11H2,1-2H3. The highest BCUT2D eigenvalue weighted by atomic mass is 16.7. The molecule has 0 aliphatic carbocycles. The smallest absolute Gasteiger partial charge is 0.231 e. The summed E-state index contributed by atoms with van der Waals surface area (Å²) in [7, 11) is 0. The quantitative estimate of drug-likeness (QED) is 0.854. The van der Waals surface area contributed by atoms with Crippen molar-refractivity contribution in [1.29, 1.82) is 21.2 Å². The number of fused-ring (bicyclic) bond motifs is 3. The van der Waals surface area contributed by atoms with Gasteiger partial charge in [-0.1, -0.05) is 19.4 Å². The van der Waals surface area contributed by atoms with E-state index in [4.69, 9.17) is 24.4 Å². The van der Waals surface area contributed by atoms with Crippen LogP contribution < -0.4 is 9.47 Å². The van der Waals surface area contributed by atoms with Gasteiger partial charge in [-0.25, -0.2) is 0 Å². The number of hydrogen-bond donors (Lipinski definition) is 1. The highest BCUT2D eigenvalue weighted by molar-refractivity contribution is 5.89. The summed E-state index contributed by atoms with van der Waals surface area (Å²) in [6.07, 6.45) is 0.0640. The van der Waals surface area contributed by atoms with Crippen molar-refractivity contribution < 1.29 is 18.9 Å². The van der Waals surface area contributed by atoms with Crippen molar-refractivity contribution >= 4 is 5.90 Å². The van der Waals surface area contributed by atoms with E-state index < -0.39 is 28.6 Å². The molecular weight excluding hydrogens is 360 g/mol. The second kappa shape index (κ2) is 5.86. The third kappa shape index (κ3) is 1.92. The summed E-state index contributed by atoms with van der Waals surface area (Å²) in [5.74, 6) is -1.27. The molecule has 0 aromatic heterocycles. The van der Waals surface area contributed by atoms with E-state index in [9.17, 15) is 15.8 Å². The summed E-state index contributed by atoms with van der Waals surface area (Å²) < 4.78 is 22.7. The molecule has 1 N–H and O–H groups in total. The van der Waals surface area contributed by atoms with Crippen molar-refractivity contribution in [2.75, 3.05) is 6.79 Å². The maximum Gasteiger partial charge on any atom is 0.231 e. The Morgan fingerprint density at radius 2 is 1.86 bits per heavy atom. The lowest BCUT2D eigenvalue weighted by atomic mass is 9.53. The van der Waals surface area contributed by atoms with Gasteiger partial charge in [0.15, 0.2) is 16.9 Å². The van der Waals surface area contributed by atoms with Gasteiger partial charge in [-0.05, 0) is 24.1 Å². The summed E-state index contributed by atoms with van der Waals surface area (Å²) in [5, 5.41) is 38.9. The molecule has 142 valence electrons. The largest absolute Gasteiger partial charge is 0.454 e. The first-order chi connectivity index (χ1) is 13.4. The predicted molar refractivity (Wildman–Crippen MR) is 93.7 cm³/mol. The zero-order valence-corrected chi connectivity index (χ0v) is 15.5. The SMILES string of the molecule is CCCC1C2(C)OC(=N)C1(C#N)C(C#N)(C#N)C(c1ccc3c(c1)OCO3)O2. The zero-order chi connectivity index (χ0) is 20.2. The number of ether oxygens (including phenoxy) is 4. The topological polar surface area (TPSA) is 132 Å². The lowest BCUT2D eigenvalue weighted by Gasteiger charge is -2.48. The van der Waals surface area contributed by atoms with Crippen LogP contribution in [0.1, 0.15) is 38.4 Å². The third-order valence-corrected chi connectivity index (χ3v) is 5.99. The van der Waals surface area contributed by atoms with Crippen LogP contribution in [0.3, 0.4) is 0 Å². The van der Waals surface area contributed by atoms with Crippen LogP contribution in [0, 0.1) is 56.2 Å². The summed E-state index contributed by atoms with van der Waals surface area (Å²) in [4.78, 5) is 0. The van der Waals surface area contributed by atoms with Gasteiger partial charge in [0.05, 0.1) is 24.1 Å². The minimum Gasteiger partial charge on any atom is -0.454 e. The minimum absolute atomic E-state index is 0.0815. The highest BCUT2D eigenvalue weighted by Crippen LogP contribution is 2.67. The summed E-state index contributed by atoms with van der Waals surface area (Å²) in [6.45, 7) is 3.68. The lowest BCUT2D eigenvalue weighted by molar-refractivity contribution is -0.274. The molecule has 2 bridgehead atoms. The molecular formula is C20H18N4O4. The molecule has 2 fully saturated rings. The Balaban J connectivity index is 1.95. The Morgan fingerprint density at radius 1 is 1.14 bits per heavy atom. The molecule has 28 heavy (non-hydrogen) atoms. The van der Waals surface area contributed by atoms with Crippen LogP contribution in [0.15, 0.2) is 18.2 Å². The first-order valence-corrected chi connectivity index (χ1v) is 9.01. The number of nitrogens with zero attached hydrogens (tertiary/aromatic N) is 3. The van der Waals surface area contributed by atoms with Crippen molar-refractivity contribution in [1.82, 2.24) is 0 Å². The zero-order valence-electron chi connectivity index (χ0n) is 15.5. The Morgan fingerprint density at radius 3 is 2.50 bits per heavy atom. The highest BCUT2D eigenvalue weighted by Gasteiger charge is 2.79. The first-order valence-electron chi connectivity index (χ1n) is 9.01. The van der Waals surface area contributed by atoms with Crippen molar-refractivity contribution in [3.63, 3.8) is 0 Å². The van der Waals surface area contributed by atoms with E-state index in [0.717, 1.165) is 0 Å². The Labute approximate surface area is 162 Å². The van der Waals surface area contributed by atoms with E-state index >= 15 is 0 Å². The molecule has 0 amide bonds. The monoisotopic (exact) mass is 378 g/mol. The van der Waals surface area contributed by atoms with Crippen molar-refractivity contribution in [3.05, 3.63) is 23.8 Å². The molecule has 8 nitrogen and oxygen atoms in total. The Hall–Kier alpha value is -3.28. The maximum atomic E-state index is 10.2. The minimum atomic E-state index is -1.96. The number of rotatable bonds is 3. The Bertz CT molecular complexity index is 973. The van der Waals surface area contributed by atoms with Crippen LogP contribution in [0.4, 0.5) is 0 Å². The average Bonchev–Trinajstić information content (AvgIpc) is 3.22. The van der Waals surface area contributed by atoms with E-state index in [2.05, 4.69) is 6.07 Å². The van der Waals surface area contributed by atoms with Gasteiger partial charge in [0.25, 0.3) is 0 Å². The van der Waals surface area contributed by atoms with Gasteiger partial charge in [-0.15, -0.1) is 0 Å². The number of benzene rings is 1. The third-order valence-electron chi connectivity index (χ3n) is 5.99. The summed E-state index contributed by atoms with van der Waals surface area (Å²) >= 11 is 0.